The molecule has 0 atom stereocenters. The fraction of sp³-hybridized carbons (Fsp3) is 0. The summed E-state index contributed by atoms with van der Waals surface area (Å²) >= 11 is 13.1. The molecule has 2 amide bonds. The number of carbonyl (C=O) groups is 2. The third kappa shape index (κ3) is 3.73. The van der Waals surface area contributed by atoms with Crippen molar-refractivity contribution >= 4 is 68.1 Å². The van der Waals surface area contributed by atoms with Gasteiger partial charge in [-0.3, -0.25) is 14.7 Å². The van der Waals surface area contributed by atoms with Crippen molar-refractivity contribution in [2.75, 3.05) is 10.6 Å². The number of nitrogens with zero attached hydrogens (tertiary/aromatic N) is 1. The van der Waals surface area contributed by atoms with Crippen molar-refractivity contribution in [2.24, 2.45) is 0 Å². The molecule has 140 valence electrons. The first kappa shape index (κ1) is 18.5. The number of nitrogens with one attached hydrogen (secondary N) is 3. The van der Waals surface area contributed by atoms with Crippen LogP contribution in [0.15, 0.2) is 54.6 Å². The maximum Gasteiger partial charge on any atom is 0.265 e. The monoisotopic (exact) mass is 430 g/mol. The van der Waals surface area contributed by atoms with Gasteiger partial charge in [-0.25, -0.2) is 0 Å². The minimum absolute atomic E-state index is 0.270. The van der Waals surface area contributed by atoms with Crippen LogP contribution >= 0.6 is 34.5 Å². The first-order chi connectivity index (χ1) is 13.5. The summed E-state index contributed by atoms with van der Waals surface area (Å²) in [4.78, 5) is 26.0. The van der Waals surface area contributed by atoms with Crippen LogP contribution in [-0.4, -0.2) is 22.0 Å². The third-order valence-electron chi connectivity index (χ3n) is 3.93. The molecular formula is C19H12Cl2N4O2S. The summed E-state index contributed by atoms with van der Waals surface area (Å²) in [5.41, 5.74) is 0.983. The zero-order chi connectivity index (χ0) is 19.7. The van der Waals surface area contributed by atoms with Crippen LogP contribution in [-0.2, 0) is 0 Å². The molecule has 4 rings (SSSR count). The highest BCUT2D eigenvalue weighted by Gasteiger charge is 2.18. The average Bonchev–Trinajstić information content (AvgIpc) is 3.26. The fourth-order valence-electron chi connectivity index (χ4n) is 2.57. The number of halogens is 2. The molecule has 4 aromatic rings. The molecule has 0 saturated carbocycles. The Balaban J connectivity index is 1.55. The predicted molar refractivity (Wildman–Crippen MR) is 113 cm³/mol. The summed E-state index contributed by atoms with van der Waals surface area (Å²) in [6.07, 6.45) is 0. The van der Waals surface area contributed by atoms with Gasteiger partial charge in [-0.05, 0) is 42.5 Å². The number of aromatic nitrogens is 2. The highest BCUT2D eigenvalue weighted by Crippen LogP contribution is 2.30. The minimum Gasteiger partial charge on any atom is -0.321 e. The van der Waals surface area contributed by atoms with Crippen LogP contribution in [0.2, 0.25) is 10.0 Å². The Morgan fingerprint density at radius 3 is 2.46 bits per heavy atom. The standard InChI is InChI=1S/C19H12Cl2N4O2S/c20-10-5-7-11(8-6-10)22-18(27)15-9-13-16(24-25-19(13)28-15)23-17(26)12-3-1-2-4-14(12)21/h1-9H,(H,22,27)(H2,23,24,25,26). The molecule has 0 bridgehead atoms. The largest absolute Gasteiger partial charge is 0.321 e. The van der Waals surface area contributed by atoms with Gasteiger partial charge >= 0.3 is 0 Å². The van der Waals surface area contributed by atoms with Crippen molar-refractivity contribution in [3.63, 3.8) is 0 Å². The molecular weight excluding hydrogens is 419 g/mol. The fourth-order valence-corrected chi connectivity index (χ4v) is 3.81. The molecule has 2 aromatic carbocycles. The van der Waals surface area contributed by atoms with Crippen molar-refractivity contribution in [3.8, 4) is 0 Å². The second-order valence-corrected chi connectivity index (χ2v) is 7.70. The molecule has 0 fully saturated rings. The molecule has 9 heteroatoms. The van der Waals surface area contributed by atoms with Crippen LogP contribution in [0.3, 0.4) is 0 Å². The van der Waals surface area contributed by atoms with Crippen molar-refractivity contribution < 1.29 is 9.59 Å². The highest BCUT2D eigenvalue weighted by molar-refractivity contribution is 7.20. The van der Waals surface area contributed by atoms with Gasteiger partial charge in [0, 0.05) is 10.7 Å². The Bertz CT molecular complexity index is 1180. The molecule has 0 aliphatic rings. The van der Waals surface area contributed by atoms with E-state index in [0.717, 1.165) is 0 Å². The van der Waals surface area contributed by atoms with Gasteiger partial charge < -0.3 is 10.6 Å². The van der Waals surface area contributed by atoms with Crippen molar-refractivity contribution in [3.05, 3.63) is 75.1 Å². The van der Waals surface area contributed by atoms with Crippen LogP contribution in [0.4, 0.5) is 11.5 Å². The molecule has 28 heavy (non-hydrogen) atoms. The summed E-state index contributed by atoms with van der Waals surface area (Å²) in [6.45, 7) is 0. The molecule has 0 aliphatic heterocycles. The maximum atomic E-state index is 12.5. The summed E-state index contributed by atoms with van der Waals surface area (Å²) in [6, 6.07) is 15.3. The molecule has 3 N–H and O–H groups in total. The van der Waals surface area contributed by atoms with Gasteiger partial charge in [0.05, 0.1) is 20.8 Å². The Morgan fingerprint density at radius 2 is 1.71 bits per heavy atom. The Hall–Kier alpha value is -2.87. The number of H-pyrrole nitrogens is 1. The van der Waals surface area contributed by atoms with Crippen molar-refractivity contribution in [2.45, 2.75) is 0 Å². The number of amides is 2. The third-order valence-corrected chi connectivity index (χ3v) is 5.54. The lowest BCUT2D eigenvalue weighted by Gasteiger charge is -2.04. The number of hydrogen-bond donors (Lipinski definition) is 3. The van der Waals surface area contributed by atoms with Crippen LogP contribution < -0.4 is 10.6 Å². The molecule has 2 heterocycles. The van der Waals surface area contributed by atoms with Crippen LogP contribution in [0, 0.1) is 0 Å². The van der Waals surface area contributed by atoms with Gasteiger partial charge in [0.2, 0.25) is 0 Å². The van der Waals surface area contributed by atoms with Gasteiger partial charge in [0.1, 0.15) is 10.6 Å². The lowest BCUT2D eigenvalue weighted by atomic mass is 10.2. The van der Waals surface area contributed by atoms with E-state index >= 15 is 0 Å². The summed E-state index contributed by atoms with van der Waals surface area (Å²) < 4.78 is 0. The van der Waals surface area contributed by atoms with Crippen LogP contribution in [0.1, 0.15) is 20.0 Å². The summed E-state index contributed by atoms with van der Waals surface area (Å²) in [5.74, 6) is -0.232. The second-order valence-electron chi connectivity index (χ2n) is 5.82. The van der Waals surface area contributed by atoms with E-state index in [9.17, 15) is 9.59 Å². The number of fused-ring (bicyclic) bond motifs is 1. The Labute approximate surface area is 173 Å². The number of rotatable bonds is 4. The van der Waals surface area contributed by atoms with E-state index in [1.807, 2.05) is 0 Å². The Morgan fingerprint density at radius 1 is 0.964 bits per heavy atom. The quantitative estimate of drug-likeness (QED) is 0.402. The Kier molecular flexibility index (Phi) is 5.04. The normalized spacial score (nSPS) is 10.8. The molecule has 2 aromatic heterocycles. The van der Waals surface area contributed by atoms with E-state index in [2.05, 4.69) is 20.8 Å². The predicted octanol–water partition coefficient (Wildman–Crippen LogP) is 5.44. The highest BCUT2D eigenvalue weighted by atomic mass is 35.5. The number of aromatic amines is 1. The first-order valence-corrected chi connectivity index (χ1v) is 9.69. The number of hydrogen-bond acceptors (Lipinski definition) is 4. The van der Waals surface area contributed by atoms with E-state index in [-0.39, 0.29) is 11.8 Å². The lowest BCUT2D eigenvalue weighted by molar-refractivity contribution is 0.102. The lowest BCUT2D eigenvalue weighted by Crippen LogP contribution is -2.13. The smallest absolute Gasteiger partial charge is 0.265 e. The van der Waals surface area contributed by atoms with E-state index in [4.69, 9.17) is 23.2 Å². The maximum absolute atomic E-state index is 12.5. The van der Waals surface area contributed by atoms with Gasteiger partial charge in [0.25, 0.3) is 11.8 Å². The van der Waals surface area contributed by atoms with Gasteiger partial charge in [-0.1, -0.05) is 35.3 Å². The zero-order valence-corrected chi connectivity index (χ0v) is 16.5. The van der Waals surface area contributed by atoms with Crippen molar-refractivity contribution in [1.29, 1.82) is 0 Å². The van der Waals surface area contributed by atoms with Crippen LogP contribution in [0.5, 0.6) is 0 Å². The topological polar surface area (TPSA) is 86.9 Å². The number of benzene rings is 2. The molecule has 0 saturated heterocycles. The van der Waals surface area contributed by atoms with E-state index in [1.54, 1.807) is 54.6 Å². The molecule has 0 unspecified atom stereocenters. The minimum atomic E-state index is -0.366. The van der Waals surface area contributed by atoms with E-state index < -0.39 is 0 Å². The van der Waals surface area contributed by atoms with Gasteiger partial charge in [0.15, 0.2) is 0 Å². The molecule has 0 aliphatic carbocycles. The summed E-state index contributed by atoms with van der Waals surface area (Å²) in [7, 11) is 0. The molecule has 0 spiro atoms. The van der Waals surface area contributed by atoms with E-state index in [0.29, 0.717) is 42.2 Å². The number of thiophene rings is 1. The first-order valence-electron chi connectivity index (χ1n) is 8.12. The molecule has 6 nitrogen and oxygen atoms in total. The number of anilines is 2. The molecule has 0 radical (unpaired) electrons. The van der Waals surface area contributed by atoms with Crippen molar-refractivity contribution in [1.82, 2.24) is 10.2 Å². The zero-order valence-electron chi connectivity index (χ0n) is 14.1. The average molecular weight is 431 g/mol. The van der Waals surface area contributed by atoms with Gasteiger partial charge in [-0.2, -0.15) is 5.10 Å². The second kappa shape index (κ2) is 7.63. The SMILES string of the molecule is O=C(Nc1ccc(Cl)cc1)c1cc2c(NC(=O)c3ccccc3Cl)[nH]nc2s1. The summed E-state index contributed by atoms with van der Waals surface area (Å²) in [5, 5.41) is 14.1. The van der Waals surface area contributed by atoms with Gasteiger partial charge in [-0.15, -0.1) is 11.3 Å². The number of carbonyl (C=O) groups excluding carboxylic acids is 2. The van der Waals surface area contributed by atoms with Crippen LogP contribution in [0.25, 0.3) is 10.2 Å². The van der Waals surface area contributed by atoms with E-state index in [1.165, 1.54) is 11.3 Å².